The third-order valence-corrected chi connectivity index (χ3v) is 2.69. The number of aromatic nitrogens is 1. The lowest BCUT2D eigenvalue weighted by molar-refractivity contribution is 0.318. The van der Waals surface area contributed by atoms with Crippen LogP contribution in [0.15, 0.2) is 47.8 Å². The molecule has 0 fully saturated rings. The van der Waals surface area contributed by atoms with Crippen LogP contribution < -0.4 is 15.4 Å². The van der Waals surface area contributed by atoms with Gasteiger partial charge in [-0.3, -0.25) is 0 Å². The molecule has 3 N–H and O–H groups in total. The molecule has 0 saturated carbocycles. The van der Waals surface area contributed by atoms with Gasteiger partial charge < -0.3 is 20.6 Å². The van der Waals surface area contributed by atoms with E-state index in [1.54, 1.807) is 18.3 Å². The lowest BCUT2D eigenvalue weighted by Crippen LogP contribution is -2.13. The minimum absolute atomic E-state index is 0.0132. The van der Waals surface area contributed by atoms with E-state index in [9.17, 15) is 0 Å². The zero-order chi connectivity index (χ0) is 14.5. The SMILES string of the molecule is CN(C)c1cccc(Oc2cc(C(N)=NO)ccn2)c1. The Morgan fingerprint density at radius 2 is 2.10 bits per heavy atom. The number of benzene rings is 1. The number of rotatable bonds is 4. The smallest absolute Gasteiger partial charge is 0.219 e. The first-order chi connectivity index (χ1) is 9.60. The number of hydrogen-bond donors (Lipinski definition) is 2. The van der Waals surface area contributed by atoms with Gasteiger partial charge in [-0.15, -0.1) is 0 Å². The Morgan fingerprint density at radius 3 is 2.80 bits per heavy atom. The topological polar surface area (TPSA) is 84.0 Å². The number of ether oxygens (including phenoxy) is 1. The van der Waals surface area contributed by atoms with E-state index in [1.807, 2.05) is 43.3 Å². The molecule has 1 aromatic heterocycles. The quantitative estimate of drug-likeness (QED) is 0.385. The van der Waals surface area contributed by atoms with E-state index in [1.165, 1.54) is 0 Å². The van der Waals surface area contributed by atoms with Crippen molar-refractivity contribution in [1.29, 1.82) is 0 Å². The molecule has 2 aromatic rings. The summed E-state index contributed by atoms with van der Waals surface area (Å²) in [6.07, 6.45) is 1.54. The highest BCUT2D eigenvalue weighted by molar-refractivity contribution is 5.97. The summed E-state index contributed by atoms with van der Waals surface area (Å²) in [6, 6.07) is 10.9. The molecule has 0 unspecified atom stereocenters. The standard InChI is InChI=1S/C14H16N4O2/c1-18(2)11-4-3-5-12(9-11)20-13-8-10(6-7-16-13)14(15)17-19/h3-9,19H,1-2H3,(H2,15,17). The fraction of sp³-hybridized carbons (Fsp3) is 0.143. The van der Waals surface area contributed by atoms with E-state index in [4.69, 9.17) is 15.7 Å². The Hall–Kier alpha value is -2.76. The van der Waals surface area contributed by atoms with Crippen molar-refractivity contribution in [3.8, 4) is 11.6 Å². The highest BCUT2D eigenvalue weighted by Crippen LogP contribution is 2.24. The molecule has 6 heteroatoms. The Labute approximate surface area is 117 Å². The average Bonchev–Trinajstić information content (AvgIpc) is 2.47. The van der Waals surface area contributed by atoms with Crippen molar-refractivity contribution in [3.63, 3.8) is 0 Å². The van der Waals surface area contributed by atoms with E-state index in [2.05, 4.69) is 10.1 Å². The zero-order valence-electron chi connectivity index (χ0n) is 11.3. The van der Waals surface area contributed by atoms with Gasteiger partial charge in [0, 0.05) is 43.7 Å². The lowest BCUT2D eigenvalue weighted by Gasteiger charge is -2.13. The minimum Gasteiger partial charge on any atom is -0.439 e. The molecule has 0 saturated heterocycles. The van der Waals surface area contributed by atoms with Crippen LogP contribution in [-0.4, -0.2) is 30.1 Å². The van der Waals surface area contributed by atoms with Crippen LogP contribution >= 0.6 is 0 Å². The second-order valence-corrected chi connectivity index (χ2v) is 4.36. The molecule has 2 rings (SSSR count). The van der Waals surface area contributed by atoms with Crippen molar-refractivity contribution in [2.45, 2.75) is 0 Å². The maximum atomic E-state index is 8.66. The van der Waals surface area contributed by atoms with Crippen LogP contribution in [0, 0.1) is 0 Å². The number of hydrogen-bond acceptors (Lipinski definition) is 5. The third kappa shape index (κ3) is 3.17. The number of oxime groups is 1. The van der Waals surface area contributed by atoms with Gasteiger partial charge >= 0.3 is 0 Å². The van der Waals surface area contributed by atoms with Crippen LogP contribution in [0.2, 0.25) is 0 Å². The third-order valence-electron chi connectivity index (χ3n) is 2.69. The summed E-state index contributed by atoms with van der Waals surface area (Å²) >= 11 is 0. The van der Waals surface area contributed by atoms with Crippen LogP contribution in [0.3, 0.4) is 0 Å². The molecular formula is C14H16N4O2. The van der Waals surface area contributed by atoms with Crippen molar-refractivity contribution in [2.75, 3.05) is 19.0 Å². The summed E-state index contributed by atoms with van der Waals surface area (Å²) in [7, 11) is 3.91. The van der Waals surface area contributed by atoms with Gasteiger partial charge in [-0.1, -0.05) is 11.2 Å². The molecule has 1 aromatic carbocycles. The number of anilines is 1. The van der Waals surface area contributed by atoms with E-state index >= 15 is 0 Å². The summed E-state index contributed by atoms with van der Waals surface area (Å²) in [5.41, 5.74) is 7.10. The molecule has 0 amide bonds. The van der Waals surface area contributed by atoms with E-state index in [0.717, 1.165) is 5.69 Å². The number of nitrogens with zero attached hydrogens (tertiary/aromatic N) is 3. The molecule has 20 heavy (non-hydrogen) atoms. The summed E-state index contributed by atoms with van der Waals surface area (Å²) < 4.78 is 5.67. The van der Waals surface area contributed by atoms with Crippen LogP contribution in [0.1, 0.15) is 5.56 Å². The van der Waals surface area contributed by atoms with Gasteiger partial charge in [0.05, 0.1) is 0 Å². The molecule has 0 aliphatic carbocycles. The van der Waals surface area contributed by atoms with E-state index < -0.39 is 0 Å². The van der Waals surface area contributed by atoms with Crippen molar-refractivity contribution < 1.29 is 9.94 Å². The minimum atomic E-state index is 0.0132. The molecule has 0 atom stereocenters. The Morgan fingerprint density at radius 1 is 1.30 bits per heavy atom. The molecule has 0 radical (unpaired) electrons. The predicted molar refractivity (Wildman–Crippen MR) is 77.6 cm³/mol. The lowest BCUT2D eigenvalue weighted by atomic mass is 10.2. The molecular weight excluding hydrogens is 256 g/mol. The van der Waals surface area contributed by atoms with Crippen LogP contribution in [0.5, 0.6) is 11.6 Å². The summed E-state index contributed by atoms with van der Waals surface area (Å²) in [5.74, 6) is 1.06. The molecule has 6 nitrogen and oxygen atoms in total. The fourth-order valence-corrected chi connectivity index (χ4v) is 1.63. The summed E-state index contributed by atoms with van der Waals surface area (Å²) in [4.78, 5) is 6.08. The van der Waals surface area contributed by atoms with Gasteiger partial charge in [-0.2, -0.15) is 0 Å². The van der Waals surface area contributed by atoms with Gasteiger partial charge in [0.25, 0.3) is 0 Å². The highest BCUT2D eigenvalue weighted by Gasteiger charge is 2.05. The van der Waals surface area contributed by atoms with Gasteiger partial charge in [0.1, 0.15) is 5.75 Å². The van der Waals surface area contributed by atoms with Crippen LogP contribution in [0.25, 0.3) is 0 Å². The highest BCUT2D eigenvalue weighted by atomic mass is 16.5. The largest absolute Gasteiger partial charge is 0.439 e. The first kappa shape index (κ1) is 13.7. The number of nitrogens with two attached hydrogens (primary N) is 1. The molecule has 0 aliphatic heterocycles. The van der Waals surface area contributed by atoms with Crippen molar-refractivity contribution in [1.82, 2.24) is 4.98 Å². The van der Waals surface area contributed by atoms with E-state index in [0.29, 0.717) is 17.2 Å². The predicted octanol–water partition coefficient (Wildman–Crippen LogP) is 2.03. The number of amidine groups is 1. The van der Waals surface area contributed by atoms with Gasteiger partial charge in [-0.25, -0.2) is 4.98 Å². The summed E-state index contributed by atoms with van der Waals surface area (Å²) in [6.45, 7) is 0. The summed E-state index contributed by atoms with van der Waals surface area (Å²) in [5, 5.41) is 11.6. The van der Waals surface area contributed by atoms with Crippen molar-refractivity contribution >= 4 is 11.5 Å². The second kappa shape index (κ2) is 5.92. The molecule has 0 aliphatic rings. The monoisotopic (exact) mass is 272 g/mol. The molecule has 0 spiro atoms. The Balaban J connectivity index is 2.24. The van der Waals surface area contributed by atoms with Crippen LogP contribution in [0.4, 0.5) is 5.69 Å². The zero-order valence-corrected chi connectivity index (χ0v) is 11.3. The fourth-order valence-electron chi connectivity index (χ4n) is 1.63. The normalized spacial score (nSPS) is 11.2. The maximum Gasteiger partial charge on any atom is 0.219 e. The maximum absolute atomic E-state index is 8.66. The average molecular weight is 272 g/mol. The molecule has 1 heterocycles. The first-order valence-electron chi connectivity index (χ1n) is 5.99. The first-order valence-corrected chi connectivity index (χ1v) is 5.99. The molecule has 104 valence electrons. The van der Waals surface area contributed by atoms with Gasteiger partial charge in [0.2, 0.25) is 5.88 Å². The van der Waals surface area contributed by atoms with Crippen molar-refractivity contribution in [3.05, 3.63) is 48.2 Å². The Kier molecular flexibility index (Phi) is 4.05. The second-order valence-electron chi connectivity index (χ2n) is 4.36. The van der Waals surface area contributed by atoms with Crippen molar-refractivity contribution in [2.24, 2.45) is 10.9 Å². The van der Waals surface area contributed by atoms with Crippen LogP contribution in [-0.2, 0) is 0 Å². The van der Waals surface area contributed by atoms with Gasteiger partial charge in [-0.05, 0) is 18.2 Å². The van der Waals surface area contributed by atoms with Gasteiger partial charge in [0.15, 0.2) is 5.84 Å². The van der Waals surface area contributed by atoms with E-state index in [-0.39, 0.29) is 5.84 Å². The Bertz CT molecular complexity index is 626. The molecule has 0 bridgehead atoms. The number of pyridine rings is 1.